The molecule has 0 atom stereocenters. The minimum absolute atomic E-state index is 0.0879. The van der Waals surface area contributed by atoms with E-state index in [2.05, 4.69) is 6.92 Å². The van der Waals surface area contributed by atoms with E-state index in [0.29, 0.717) is 0 Å². The Morgan fingerprint density at radius 3 is 1.86 bits per heavy atom. The van der Waals surface area contributed by atoms with Crippen molar-refractivity contribution < 1.29 is 28.9 Å². The molecule has 0 heterocycles. The second-order valence-electron chi connectivity index (χ2n) is 4.72. The van der Waals surface area contributed by atoms with Gasteiger partial charge < -0.3 is 24.1 Å². The number of carbonyl (C=O) groups excluding carboxylic acids is 2. The molecule has 0 aliphatic heterocycles. The number of ether oxygens (including phenoxy) is 3. The number of carbonyl (C=O) groups is 2. The summed E-state index contributed by atoms with van der Waals surface area (Å²) < 4.78 is 15.0. The molecule has 0 saturated carbocycles. The van der Waals surface area contributed by atoms with Crippen molar-refractivity contribution in [2.75, 3.05) is 19.8 Å². The molecule has 0 radical (unpaired) electrons. The zero-order chi connectivity index (χ0) is 16.8. The van der Waals surface area contributed by atoms with Crippen LogP contribution >= 0.6 is 0 Å². The molecule has 0 spiro atoms. The minimum Gasteiger partial charge on any atom is -0.541 e. The van der Waals surface area contributed by atoms with Crippen molar-refractivity contribution in [2.24, 2.45) is 0 Å². The summed E-state index contributed by atoms with van der Waals surface area (Å²) >= 11 is 0. The normalized spacial score (nSPS) is 11.6. The van der Waals surface area contributed by atoms with E-state index in [1.54, 1.807) is 13.8 Å². The summed E-state index contributed by atoms with van der Waals surface area (Å²) in [5, 5.41) is 11.0. The van der Waals surface area contributed by atoms with Gasteiger partial charge in [-0.2, -0.15) is 0 Å². The third-order valence-electron chi connectivity index (χ3n) is 2.89. The SMILES string of the molecule is CCCCCCCCOC(=O)C(OCC)=C(OCC)C(=O)[O-]. The Balaban J connectivity index is 4.41. The van der Waals surface area contributed by atoms with Gasteiger partial charge in [-0.05, 0) is 20.3 Å². The molecule has 0 aliphatic carbocycles. The topological polar surface area (TPSA) is 84.9 Å². The van der Waals surface area contributed by atoms with Crippen LogP contribution in [0.1, 0.15) is 59.3 Å². The van der Waals surface area contributed by atoms with Crippen molar-refractivity contribution in [1.82, 2.24) is 0 Å². The van der Waals surface area contributed by atoms with Gasteiger partial charge in [-0.25, -0.2) is 4.79 Å². The summed E-state index contributed by atoms with van der Waals surface area (Å²) in [7, 11) is 0. The zero-order valence-corrected chi connectivity index (χ0v) is 13.8. The molecule has 0 aliphatic rings. The van der Waals surface area contributed by atoms with E-state index in [-0.39, 0.29) is 19.8 Å². The van der Waals surface area contributed by atoms with E-state index in [1.807, 2.05) is 0 Å². The molecule has 128 valence electrons. The lowest BCUT2D eigenvalue weighted by Crippen LogP contribution is -2.30. The van der Waals surface area contributed by atoms with Gasteiger partial charge in [0.05, 0.1) is 19.8 Å². The summed E-state index contributed by atoms with van der Waals surface area (Å²) in [6.45, 7) is 5.84. The summed E-state index contributed by atoms with van der Waals surface area (Å²) in [5.74, 6) is -3.47. The Hall–Kier alpha value is -1.72. The molecule has 22 heavy (non-hydrogen) atoms. The zero-order valence-electron chi connectivity index (χ0n) is 13.8. The van der Waals surface area contributed by atoms with Gasteiger partial charge in [0, 0.05) is 0 Å². The van der Waals surface area contributed by atoms with Gasteiger partial charge in [-0.15, -0.1) is 0 Å². The van der Waals surface area contributed by atoms with Crippen LogP contribution in [-0.2, 0) is 23.8 Å². The first-order valence-corrected chi connectivity index (χ1v) is 7.96. The molecule has 0 aromatic rings. The van der Waals surface area contributed by atoms with Crippen LogP contribution in [-0.4, -0.2) is 31.8 Å². The highest BCUT2D eigenvalue weighted by atomic mass is 16.6. The Morgan fingerprint density at radius 1 is 0.773 bits per heavy atom. The highest BCUT2D eigenvalue weighted by molar-refractivity contribution is 5.95. The molecule has 6 heteroatoms. The van der Waals surface area contributed by atoms with Gasteiger partial charge in [-0.1, -0.05) is 39.0 Å². The number of unbranched alkanes of at least 4 members (excludes halogenated alkanes) is 5. The minimum atomic E-state index is -1.60. The third-order valence-corrected chi connectivity index (χ3v) is 2.89. The first kappa shape index (κ1) is 20.3. The van der Waals surface area contributed by atoms with E-state index in [9.17, 15) is 14.7 Å². The van der Waals surface area contributed by atoms with E-state index < -0.39 is 23.5 Å². The van der Waals surface area contributed by atoms with Gasteiger partial charge in [0.15, 0.2) is 5.76 Å². The lowest BCUT2D eigenvalue weighted by Gasteiger charge is -2.15. The van der Waals surface area contributed by atoms with Gasteiger partial charge in [-0.3, -0.25) is 0 Å². The summed E-state index contributed by atoms with van der Waals surface area (Å²) in [6, 6.07) is 0. The first-order chi connectivity index (χ1) is 10.6. The van der Waals surface area contributed by atoms with Crippen LogP contribution in [0.25, 0.3) is 0 Å². The van der Waals surface area contributed by atoms with Crippen molar-refractivity contribution in [2.45, 2.75) is 59.3 Å². The van der Waals surface area contributed by atoms with Gasteiger partial charge in [0.1, 0.15) is 5.97 Å². The fourth-order valence-electron chi connectivity index (χ4n) is 1.84. The molecule has 0 rings (SSSR count). The number of rotatable bonds is 13. The van der Waals surface area contributed by atoms with E-state index >= 15 is 0 Å². The molecule has 0 amide bonds. The predicted octanol–water partition coefficient (Wildman–Crippen LogP) is 1.92. The van der Waals surface area contributed by atoms with Crippen LogP contribution in [0.5, 0.6) is 0 Å². The molecule has 0 unspecified atom stereocenters. The smallest absolute Gasteiger partial charge is 0.377 e. The fourth-order valence-corrected chi connectivity index (χ4v) is 1.84. The van der Waals surface area contributed by atoms with Crippen LogP contribution in [0.4, 0.5) is 0 Å². The molecular formula is C16H27O6-. The van der Waals surface area contributed by atoms with Crippen LogP contribution in [0, 0.1) is 0 Å². The largest absolute Gasteiger partial charge is 0.541 e. The Kier molecular flexibility index (Phi) is 12.0. The Labute approximate surface area is 132 Å². The fraction of sp³-hybridized carbons (Fsp3) is 0.750. The molecule has 6 nitrogen and oxygen atoms in total. The lowest BCUT2D eigenvalue weighted by molar-refractivity contribution is -0.303. The quantitative estimate of drug-likeness (QED) is 0.223. The Bertz CT molecular complexity index is 362. The highest BCUT2D eigenvalue weighted by Gasteiger charge is 2.21. The molecule has 0 saturated heterocycles. The number of carboxylic acids is 1. The van der Waals surface area contributed by atoms with Gasteiger partial charge in [0.25, 0.3) is 0 Å². The molecule has 0 bridgehead atoms. The number of esters is 1. The maximum atomic E-state index is 11.9. The standard InChI is InChI=1S/C16H28O6/c1-4-7-8-9-10-11-12-22-16(19)14(21-6-3)13(15(17)18)20-5-2/h4-12H2,1-3H3,(H,17,18)/p-1. The van der Waals surface area contributed by atoms with E-state index in [0.717, 1.165) is 19.3 Å². The highest BCUT2D eigenvalue weighted by Crippen LogP contribution is 2.11. The number of hydrogen-bond acceptors (Lipinski definition) is 6. The molecule has 0 N–H and O–H groups in total. The van der Waals surface area contributed by atoms with Crippen LogP contribution in [0.15, 0.2) is 11.5 Å². The molecular weight excluding hydrogens is 288 g/mol. The second-order valence-corrected chi connectivity index (χ2v) is 4.72. The molecule has 0 aromatic carbocycles. The second kappa shape index (κ2) is 13.0. The summed E-state index contributed by atoms with van der Waals surface area (Å²) in [5.41, 5.74) is 0. The monoisotopic (exact) mass is 315 g/mol. The number of carboxylic acid groups (broad SMARTS) is 1. The maximum absolute atomic E-state index is 11.9. The number of aliphatic carboxylic acids is 1. The third kappa shape index (κ3) is 8.54. The van der Waals surface area contributed by atoms with Crippen molar-refractivity contribution in [3.63, 3.8) is 0 Å². The average molecular weight is 315 g/mol. The van der Waals surface area contributed by atoms with Crippen LogP contribution < -0.4 is 5.11 Å². The van der Waals surface area contributed by atoms with Crippen molar-refractivity contribution in [3.05, 3.63) is 11.5 Å². The first-order valence-electron chi connectivity index (χ1n) is 7.96. The maximum Gasteiger partial charge on any atom is 0.377 e. The molecule has 0 fully saturated rings. The molecule has 0 aromatic heterocycles. The van der Waals surface area contributed by atoms with E-state index in [4.69, 9.17) is 14.2 Å². The number of hydrogen-bond donors (Lipinski definition) is 0. The van der Waals surface area contributed by atoms with Crippen LogP contribution in [0.3, 0.4) is 0 Å². The van der Waals surface area contributed by atoms with Crippen molar-refractivity contribution in [3.8, 4) is 0 Å². The average Bonchev–Trinajstić information content (AvgIpc) is 2.49. The van der Waals surface area contributed by atoms with Crippen molar-refractivity contribution in [1.29, 1.82) is 0 Å². The van der Waals surface area contributed by atoms with Crippen LogP contribution in [0.2, 0.25) is 0 Å². The van der Waals surface area contributed by atoms with Gasteiger partial charge in [0.2, 0.25) is 5.76 Å². The lowest BCUT2D eigenvalue weighted by atomic mass is 10.1. The Morgan fingerprint density at radius 2 is 1.32 bits per heavy atom. The van der Waals surface area contributed by atoms with E-state index in [1.165, 1.54) is 19.3 Å². The summed E-state index contributed by atoms with van der Waals surface area (Å²) in [4.78, 5) is 22.9. The van der Waals surface area contributed by atoms with Gasteiger partial charge >= 0.3 is 5.97 Å². The van der Waals surface area contributed by atoms with Crippen molar-refractivity contribution >= 4 is 11.9 Å². The predicted molar refractivity (Wildman–Crippen MR) is 79.6 cm³/mol. The summed E-state index contributed by atoms with van der Waals surface area (Å²) in [6.07, 6.45) is 6.38.